The number of halogens is 1. The van der Waals surface area contributed by atoms with Crippen LogP contribution >= 0.6 is 23.5 Å². The molecule has 0 radical (unpaired) electrons. The first kappa shape index (κ1) is 27.3. The summed E-state index contributed by atoms with van der Waals surface area (Å²) >= 11 is 2.03. The van der Waals surface area contributed by atoms with Crippen molar-refractivity contribution in [3.05, 3.63) is 101 Å². The van der Waals surface area contributed by atoms with Crippen molar-refractivity contribution in [2.75, 3.05) is 18.8 Å². The molecule has 0 aliphatic carbocycles. The molecule has 0 atom stereocenters. The van der Waals surface area contributed by atoms with Crippen LogP contribution in [0, 0.1) is 5.82 Å². The van der Waals surface area contributed by atoms with Gasteiger partial charge in [0.25, 0.3) is 11.1 Å². The SMILES string of the molecule is O=C(CSc1nnc(-c2ccccc2F)n1Cc1ccccc1)NCCN1C(=O)S/C(=C\c2cccnc2)C1=O. The van der Waals surface area contributed by atoms with Gasteiger partial charge in [0.15, 0.2) is 11.0 Å². The standard InChI is InChI=1S/C28H23FN6O3S2/c29-22-11-5-4-10-21(22)25-32-33-27(35(25)17-19-7-2-1-3-8-19)39-18-24(36)31-13-14-34-26(37)23(40-28(34)38)15-20-9-6-12-30-16-20/h1-12,15-16H,13-14,17-18H2,(H,31,36)/b23-15-. The van der Waals surface area contributed by atoms with E-state index in [4.69, 9.17) is 0 Å². The number of carbonyl (C=O) groups is 3. The minimum absolute atomic E-state index is 0.0208. The van der Waals surface area contributed by atoms with Crippen molar-refractivity contribution in [3.63, 3.8) is 0 Å². The highest BCUT2D eigenvalue weighted by atomic mass is 32.2. The van der Waals surface area contributed by atoms with Crippen molar-refractivity contribution < 1.29 is 18.8 Å². The van der Waals surface area contributed by atoms with Gasteiger partial charge in [-0.15, -0.1) is 10.2 Å². The fraction of sp³-hybridized carbons (Fsp3) is 0.143. The number of benzene rings is 2. The minimum atomic E-state index is -0.416. The molecule has 1 N–H and O–H groups in total. The fourth-order valence-electron chi connectivity index (χ4n) is 3.94. The highest BCUT2D eigenvalue weighted by Gasteiger charge is 2.34. The smallest absolute Gasteiger partial charge is 0.293 e. The largest absolute Gasteiger partial charge is 0.354 e. The van der Waals surface area contributed by atoms with E-state index in [9.17, 15) is 18.8 Å². The van der Waals surface area contributed by atoms with Gasteiger partial charge in [-0.25, -0.2) is 4.39 Å². The third-order valence-electron chi connectivity index (χ3n) is 5.86. The number of hydrogen-bond donors (Lipinski definition) is 1. The van der Waals surface area contributed by atoms with Gasteiger partial charge in [0.05, 0.1) is 22.8 Å². The maximum absolute atomic E-state index is 14.6. The van der Waals surface area contributed by atoms with Crippen LogP contribution in [-0.2, 0) is 16.1 Å². The Morgan fingerprint density at radius 3 is 2.60 bits per heavy atom. The van der Waals surface area contributed by atoms with E-state index in [0.717, 1.165) is 27.8 Å². The van der Waals surface area contributed by atoms with E-state index in [1.54, 1.807) is 53.4 Å². The number of nitrogens with one attached hydrogen (secondary N) is 1. The second kappa shape index (κ2) is 12.7. The van der Waals surface area contributed by atoms with E-state index in [2.05, 4.69) is 20.5 Å². The van der Waals surface area contributed by atoms with Crippen molar-refractivity contribution in [2.45, 2.75) is 11.7 Å². The van der Waals surface area contributed by atoms with Gasteiger partial charge in [-0.3, -0.25) is 28.8 Å². The summed E-state index contributed by atoms with van der Waals surface area (Å²) in [6.07, 6.45) is 4.85. The van der Waals surface area contributed by atoms with E-state index >= 15 is 0 Å². The number of amides is 3. The lowest BCUT2D eigenvalue weighted by molar-refractivity contribution is -0.123. The summed E-state index contributed by atoms with van der Waals surface area (Å²) in [7, 11) is 0. The highest BCUT2D eigenvalue weighted by molar-refractivity contribution is 8.18. The Balaban J connectivity index is 1.20. The molecule has 3 heterocycles. The van der Waals surface area contributed by atoms with E-state index < -0.39 is 17.0 Å². The third kappa shape index (κ3) is 6.46. The van der Waals surface area contributed by atoms with Crippen LogP contribution in [0.5, 0.6) is 0 Å². The van der Waals surface area contributed by atoms with E-state index in [1.165, 1.54) is 17.8 Å². The third-order valence-corrected chi connectivity index (χ3v) is 7.73. The average molecular weight is 575 g/mol. The molecule has 0 spiro atoms. The lowest BCUT2D eigenvalue weighted by Gasteiger charge is -2.13. The molecule has 1 aliphatic heterocycles. The molecular weight excluding hydrogens is 551 g/mol. The molecule has 40 heavy (non-hydrogen) atoms. The number of nitrogens with zero attached hydrogens (tertiary/aromatic N) is 5. The van der Waals surface area contributed by atoms with Gasteiger partial charge in [0.1, 0.15) is 5.82 Å². The van der Waals surface area contributed by atoms with Gasteiger partial charge < -0.3 is 5.32 Å². The van der Waals surface area contributed by atoms with Crippen LogP contribution in [0.25, 0.3) is 17.5 Å². The van der Waals surface area contributed by atoms with Crippen molar-refractivity contribution in [3.8, 4) is 11.4 Å². The zero-order valence-electron chi connectivity index (χ0n) is 21.1. The summed E-state index contributed by atoms with van der Waals surface area (Å²) in [4.78, 5) is 43.0. The molecule has 12 heteroatoms. The summed E-state index contributed by atoms with van der Waals surface area (Å²) in [5.74, 6) is -0.737. The van der Waals surface area contributed by atoms with Crippen LogP contribution in [0.2, 0.25) is 0 Å². The first-order valence-electron chi connectivity index (χ1n) is 12.3. The highest BCUT2D eigenvalue weighted by Crippen LogP contribution is 2.32. The summed E-state index contributed by atoms with van der Waals surface area (Å²) in [5.41, 5.74) is 2.01. The molecule has 202 valence electrons. The van der Waals surface area contributed by atoms with Crippen LogP contribution in [0.3, 0.4) is 0 Å². The summed E-state index contributed by atoms with van der Waals surface area (Å²) < 4.78 is 16.3. The van der Waals surface area contributed by atoms with Gasteiger partial charge >= 0.3 is 0 Å². The second-order valence-electron chi connectivity index (χ2n) is 8.62. The van der Waals surface area contributed by atoms with Crippen molar-refractivity contribution in [1.82, 2.24) is 30.0 Å². The number of hydrogen-bond acceptors (Lipinski definition) is 8. The molecule has 0 unspecified atom stereocenters. The van der Waals surface area contributed by atoms with Crippen LogP contribution in [-0.4, -0.2) is 60.5 Å². The quantitative estimate of drug-likeness (QED) is 0.218. The monoisotopic (exact) mass is 574 g/mol. The Labute approximate surface area is 237 Å². The Kier molecular flexibility index (Phi) is 8.67. The first-order chi connectivity index (χ1) is 19.5. The Morgan fingerprint density at radius 1 is 1.02 bits per heavy atom. The topological polar surface area (TPSA) is 110 Å². The lowest BCUT2D eigenvalue weighted by atomic mass is 10.2. The number of carbonyl (C=O) groups excluding carboxylic acids is 3. The zero-order chi connectivity index (χ0) is 27.9. The van der Waals surface area contributed by atoms with Crippen LogP contribution in [0.15, 0.2) is 89.2 Å². The Bertz CT molecular complexity index is 1560. The second-order valence-corrected chi connectivity index (χ2v) is 10.6. The van der Waals surface area contributed by atoms with E-state index in [-0.39, 0.29) is 24.7 Å². The van der Waals surface area contributed by atoms with Crippen molar-refractivity contribution in [1.29, 1.82) is 0 Å². The maximum Gasteiger partial charge on any atom is 0.293 e. The van der Waals surface area contributed by atoms with Crippen molar-refractivity contribution >= 4 is 46.7 Å². The number of thioether (sulfide) groups is 2. The predicted octanol–water partition coefficient (Wildman–Crippen LogP) is 4.47. The number of aromatic nitrogens is 4. The molecule has 1 saturated heterocycles. The van der Waals surface area contributed by atoms with Crippen LogP contribution < -0.4 is 5.32 Å². The Morgan fingerprint density at radius 2 is 1.82 bits per heavy atom. The molecule has 1 fully saturated rings. The molecule has 0 bridgehead atoms. The predicted molar refractivity (Wildman–Crippen MR) is 152 cm³/mol. The summed E-state index contributed by atoms with van der Waals surface area (Å²) in [6.45, 7) is 0.551. The average Bonchev–Trinajstić information content (AvgIpc) is 3.48. The lowest BCUT2D eigenvalue weighted by Crippen LogP contribution is -2.37. The maximum atomic E-state index is 14.6. The molecule has 1 aliphatic rings. The normalized spacial score (nSPS) is 14.2. The van der Waals surface area contributed by atoms with Crippen LogP contribution in [0.1, 0.15) is 11.1 Å². The van der Waals surface area contributed by atoms with Crippen molar-refractivity contribution in [2.24, 2.45) is 0 Å². The first-order valence-corrected chi connectivity index (χ1v) is 14.1. The van der Waals surface area contributed by atoms with E-state index in [0.29, 0.717) is 28.0 Å². The molecule has 2 aromatic heterocycles. The number of rotatable bonds is 10. The summed E-state index contributed by atoms with van der Waals surface area (Å²) in [6, 6.07) is 19.5. The molecule has 4 aromatic rings. The Hall–Kier alpha value is -4.29. The summed E-state index contributed by atoms with van der Waals surface area (Å²) in [5, 5.41) is 11.3. The van der Waals surface area contributed by atoms with Gasteiger partial charge in [-0.1, -0.05) is 60.3 Å². The molecular formula is C28H23FN6O3S2. The molecule has 5 rings (SSSR count). The molecule has 2 aromatic carbocycles. The number of pyridine rings is 1. The van der Waals surface area contributed by atoms with Crippen LogP contribution in [0.4, 0.5) is 9.18 Å². The van der Waals surface area contributed by atoms with Gasteiger partial charge in [0.2, 0.25) is 5.91 Å². The van der Waals surface area contributed by atoms with Gasteiger partial charge in [0, 0.05) is 25.5 Å². The fourth-order valence-corrected chi connectivity index (χ4v) is 5.57. The molecule has 9 nitrogen and oxygen atoms in total. The van der Waals surface area contributed by atoms with Gasteiger partial charge in [-0.2, -0.15) is 0 Å². The van der Waals surface area contributed by atoms with Gasteiger partial charge in [-0.05, 0) is 47.2 Å². The van der Waals surface area contributed by atoms with E-state index in [1.807, 2.05) is 30.3 Å². The zero-order valence-corrected chi connectivity index (χ0v) is 22.7. The number of imide groups is 1. The molecule has 0 saturated carbocycles. The molecule has 3 amide bonds. The minimum Gasteiger partial charge on any atom is -0.354 e.